The summed E-state index contributed by atoms with van der Waals surface area (Å²) in [4.78, 5) is 0. The average molecular weight is 215 g/mol. The van der Waals surface area contributed by atoms with Crippen molar-refractivity contribution in [3.8, 4) is 6.07 Å². The lowest BCUT2D eigenvalue weighted by Crippen LogP contribution is -1.90. The fourth-order valence-electron chi connectivity index (χ4n) is 0.0345. The number of nitriles is 1. The van der Waals surface area contributed by atoms with Gasteiger partial charge in [0.15, 0.2) is 0 Å². The maximum atomic E-state index is 7.99. The summed E-state index contributed by atoms with van der Waals surface area (Å²) in [5.74, 6) is 0.428. The number of alkyl halides is 2. The van der Waals surface area contributed by atoms with Crippen LogP contribution in [-0.4, -0.2) is 9.80 Å². The van der Waals surface area contributed by atoms with Crippen LogP contribution in [-0.2, 0) is 0 Å². The summed E-state index contributed by atoms with van der Waals surface area (Å²) in [6.07, 6.45) is 0. The molecule has 0 heterocycles. The Morgan fingerprint density at radius 3 is 2.50 bits per heavy atom. The molecule has 0 rings (SSSR count). The van der Waals surface area contributed by atoms with Gasteiger partial charge in [0.05, 0.1) is 6.07 Å². The van der Waals surface area contributed by atoms with Crippen molar-refractivity contribution in [1.82, 2.24) is 0 Å². The molecule has 1 atom stereocenters. The third-order valence-electron chi connectivity index (χ3n) is 0.276. The van der Waals surface area contributed by atoms with Gasteiger partial charge in [0.2, 0.25) is 0 Å². The lowest BCUT2D eigenvalue weighted by molar-refractivity contribution is 1.30. The van der Waals surface area contributed by atoms with Crippen LogP contribution in [0.5, 0.6) is 0 Å². The van der Waals surface area contributed by atoms with Crippen molar-refractivity contribution in [1.29, 1.82) is 5.26 Å². The highest BCUT2D eigenvalue weighted by Crippen LogP contribution is 1.98. The second-order valence-electron chi connectivity index (χ2n) is 0.751. The topological polar surface area (TPSA) is 23.8 Å². The first kappa shape index (κ1) is 6.51. The first-order valence-electron chi connectivity index (χ1n) is 1.41. The van der Waals surface area contributed by atoms with Gasteiger partial charge in [-0.25, -0.2) is 0 Å². The largest absolute Gasteiger partial charge is 0.197 e. The smallest absolute Gasteiger partial charge is 0.111 e. The Hall–Kier alpha value is 0.510. The molecular weight excluding hydrogens is 212 g/mol. The Bertz CT molecular complexity index is 67.7. The molecule has 0 aromatic carbocycles. The molecule has 0 aliphatic carbocycles. The van der Waals surface area contributed by atoms with Gasteiger partial charge in [-0.05, 0) is 0 Å². The minimum atomic E-state index is -0.0238. The van der Waals surface area contributed by atoms with Gasteiger partial charge in [-0.3, -0.25) is 0 Å². The van der Waals surface area contributed by atoms with Crippen LogP contribution in [0.3, 0.4) is 0 Å². The predicted octanol–water partition coefficient (Wildman–Crippen LogP) is 1.55. The van der Waals surface area contributed by atoms with Crippen molar-refractivity contribution in [3.05, 3.63) is 0 Å². The maximum Gasteiger partial charge on any atom is 0.111 e. The lowest BCUT2D eigenvalue weighted by atomic mass is 10.6. The van der Waals surface area contributed by atoms with Crippen LogP contribution < -0.4 is 0 Å². The van der Waals surface area contributed by atoms with E-state index in [1.807, 2.05) is 28.7 Å². The van der Waals surface area contributed by atoms with Crippen LogP contribution in [0.1, 0.15) is 0 Å². The van der Waals surface area contributed by atoms with Crippen molar-refractivity contribution in [2.24, 2.45) is 0 Å². The van der Waals surface area contributed by atoms with Crippen molar-refractivity contribution >= 4 is 34.2 Å². The molecule has 0 fully saturated rings. The van der Waals surface area contributed by atoms with E-state index in [4.69, 9.17) is 16.9 Å². The normalized spacial score (nSPS) is 12.8. The molecule has 0 saturated carbocycles. The van der Waals surface area contributed by atoms with Gasteiger partial charge in [0.25, 0.3) is 0 Å². The summed E-state index contributed by atoms with van der Waals surface area (Å²) in [6.45, 7) is 0. The fourth-order valence-corrected chi connectivity index (χ4v) is 0.104. The average Bonchev–Trinajstić information content (AvgIpc) is 1.65. The summed E-state index contributed by atoms with van der Waals surface area (Å²) < 4.78 is -0.0238. The number of hydrogen-bond acceptors (Lipinski definition) is 1. The molecule has 0 aromatic rings. The van der Waals surface area contributed by atoms with E-state index in [1.165, 1.54) is 0 Å². The van der Waals surface area contributed by atoms with Gasteiger partial charge in [-0.1, -0.05) is 22.6 Å². The third-order valence-corrected chi connectivity index (χ3v) is 1.82. The summed E-state index contributed by atoms with van der Waals surface area (Å²) in [6, 6.07) is 1.97. The lowest BCUT2D eigenvalue weighted by Gasteiger charge is -1.82. The molecule has 0 radical (unpaired) electrons. The molecule has 0 saturated heterocycles. The Kier molecular flexibility index (Phi) is 4.01. The fraction of sp³-hybridized carbons (Fsp3) is 0.667. The van der Waals surface area contributed by atoms with Gasteiger partial charge in [0.1, 0.15) is 3.92 Å². The van der Waals surface area contributed by atoms with E-state index in [1.54, 1.807) is 0 Å². The van der Waals surface area contributed by atoms with Gasteiger partial charge >= 0.3 is 0 Å². The van der Waals surface area contributed by atoms with Crippen molar-refractivity contribution in [2.45, 2.75) is 3.92 Å². The van der Waals surface area contributed by atoms with Crippen LogP contribution in [0.15, 0.2) is 0 Å². The second kappa shape index (κ2) is 3.69. The molecule has 0 aliphatic rings. The Balaban J connectivity index is 3.04. The van der Waals surface area contributed by atoms with Crippen LogP contribution in [0.4, 0.5) is 0 Å². The molecule has 1 nitrogen and oxygen atoms in total. The molecule has 34 valence electrons. The van der Waals surface area contributed by atoms with Gasteiger partial charge in [-0.15, -0.1) is 11.6 Å². The van der Waals surface area contributed by atoms with Crippen molar-refractivity contribution in [2.75, 3.05) is 5.88 Å². The summed E-state index contributed by atoms with van der Waals surface area (Å²) >= 11 is 7.20. The molecule has 0 aromatic heterocycles. The minimum absolute atomic E-state index is 0.0238. The van der Waals surface area contributed by atoms with Gasteiger partial charge < -0.3 is 0 Å². The SMILES string of the molecule is N#CC(I)CCl. The number of nitrogens with zero attached hydrogens (tertiary/aromatic N) is 1. The van der Waals surface area contributed by atoms with Crippen LogP contribution >= 0.6 is 34.2 Å². The molecule has 6 heavy (non-hydrogen) atoms. The number of hydrogen-bond donors (Lipinski definition) is 0. The van der Waals surface area contributed by atoms with Crippen molar-refractivity contribution in [3.63, 3.8) is 0 Å². The number of rotatable bonds is 1. The Morgan fingerprint density at radius 2 is 2.50 bits per heavy atom. The summed E-state index contributed by atoms with van der Waals surface area (Å²) in [5, 5.41) is 7.99. The van der Waals surface area contributed by atoms with E-state index in [0.717, 1.165) is 0 Å². The van der Waals surface area contributed by atoms with Crippen LogP contribution in [0.25, 0.3) is 0 Å². The minimum Gasteiger partial charge on any atom is -0.197 e. The van der Waals surface area contributed by atoms with E-state index in [-0.39, 0.29) is 3.92 Å². The maximum absolute atomic E-state index is 7.99. The van der Waals surface area contributed by atoms with Gasteiger partial charge in [-0.2, -0.15) is 5.26 Å². The zero-order valence-electron chi connectivity index (χ0n) is 2.99. The molecule has 0 bridgehead atoms. The van der Waals surface area contributed by atoms with E-state index >= 15 is 0 Å². The predicted molar refractivity (Wildman–Crippen MR) is 34.1 cm³/mol. The van der Waals surface area contributed by atoms with E-state index in [9.17, 15) is 0 Å². The first-order chi connectivity index (χ1) is 2.81. The van der Waals surface area contributed by atoms with E-state index in [0.29, 0.717) is 5.88 Å². The quantitative estimate of drug-likeness (QED) is 0.481. The highest BCUT2D eigenvalue weighted by atomic mass is 127. The molecule has 3 heteroatoms. The zero-order valence-corrected chi connectivity index (χ0v) is 5.90. The summed E-state index contributed by atoms with van der Waals surface area (Å²) in [5.41, 5.74) is 0. The highest BCUT2D eigenvalue weighted by molar-refractivity contribution is 14.1. The standard InChI is InChI=1S/C3H3ClIN/c4-1-3(5)2-6/h3H,1H2. The van der Waals surface area contributed by atoms with E-state index in [2.05, 4.69) is 0 Å². The Labute approximate surface area is 55.4 Å². The zero-order chi connectivity index (χ0) is 4.99. The molecule has 1 unspecified atom stereocenters. The van der Waals surface area contributed by atoms with Crippen LogP contribution in [0.2, 0.25) is 0 Å². The molecule has 0 spiro atoms. The number of halogens is 2. The molecule has 0 amide bonds. The van der Waals surface area contributed by atoms with Crippen molar-refractivity contribution < 1.29 is 0 Å². The summed E-state index contributed by atoms with van der Waals surface area (Å²) in [7, 11) is 0. The highest BCUT2D eigenvalue weighted by Gasteiger charge is 1.93. The van der Waals surface area contributed by atoms with Gasteiger partial charge in [0, 0.05) is 5.88 Å². The van der Waals surface area contributed by atoms with E-state index < -0.39 is 0 Å². The Morgan fingerprint density at radius 1 is 2.00 bits per heavy atom. The molecular formula is C3H3ClIN. The van der Waals surface area contributed by atoms with Crippen LogP contribution in [0, 0.1) is 11.3 Å². The second-order valence-corrected chi connectivity index (χ2v) is 2.56. The monoisotopic (exact) mass is 215 g/mol. The molecule has 0 aliphatic heterocycles. The third kappa shape index (κ3) is 2.73. The first-order valence-corrected chi connectivity index (χ1v) is 3.19. The molecule has 0 N–H and O–H groups in total.